The second kappa shape index (κ2) is 29.2. The first kappa shape index (κ1) is 72.0. The third-order valence-electron chi connectivity index (χ3n) is 24.3. The monoisotopic (exact) mass is 1530 g/mol. The van der Waals surface area contributed by atoms with Crippen molar-refractivity contribution in [3.05, 3.63) is 412 Å². The molecule has 0 radical (unpaired) electrons. The predicted molar refractivity (Wildman–Crippen MR) is 502 cm³/mol. The van der Waals surface area contributed by atoms with E-state index in [2.05, 4.69) is 462 Å². The summed E-state index contributed by atoms with van der Waals surface area (Å²) in [5.41, 5.74) is 36.1. The van der Waals surface area contributed by atoms with Crippen LogP contribution in [0.25, 0.3) is 66.8 Å². The molecule has 5 nitrogen and oxygen atoms in total. The Hall–Kier alpha value is -13.8. The van der Waals surface area contributed by atoms with Crippen LogP contribution in [0.1, 0.15) is 52.7 Å². The standard InChI is InChI=1S/C110H84B2N4OS/c1-109(2,3)83-57-49-79(50-58-83)92-43-28-44-93(80-51-59-84(60-52-80)110(4,5)6)108(92)116-99-72-104-97(112-95-46-23-25-48-102(95)117-103-69-91(70-105(118-104)107(103)112)114(87-63-55-78(56-64-87)74-31-14-8-15-32-74)89-42-27-38-82(66-89)76-35-18-10-19-36-76)71-96(99)111-94-45-22-24-47-98(94)115(85-39-20-11-21-40-85)100-67-90(68-101(116)106(100)111)113(86-61-53-77(54-62-86)73-29-12-7-13-30-73)88-41-26-37-81(65-88)75-33-16-9-17-34-75/h7-72H,1-6H3. The van der Waals surface area contributed by atoms with E-state index < -0.39 is 0 Å². The molecule has 8 heteroatoms. The van der Waals surface area contributed by atoms with Crippen LogP contribution in [0.5, 0.6) is 11.5 Å². The van der Waals surface area contributed by atoms with Gasteiger partial charge < -0.3 is 24.3 Å². The van der Waals surface area contributed by atoms with Crippen LogP contribution >= 0.6 is 11.8 Å². The average Bonchev–Trinajstić information content (AvgIpc) is 0.684. The van der Waals surface area contributed by atoms with Gasteiger partial charge >= 0.3 is 0 Å². The normalized spacial score (nSPS) is 12.8. The Labute approximate surface area is 697 Å². The number of hydrogen-bond acceptors (Lipinski definition) is 6. The lowest BCUT2D eigenvalue weighted by atomic mass is 9.31. The van der Waals surface area contributed by atoms with E-state index in [1.807, 2.05) is 11.8 Å². The van der Waals surface area contributed by atoms with Crippen LogP contribution in [0.4, 0.5) is 68.2 Å². The van der Waals surface area contributed by atoms with Crippen molar-refractivity contribution in [2.24, 2.45) is 0 Å². The molecule has 0 unspecified atom stereocenters. The average molecular weight is 1530 g/mol. The lowest BCUT2D eigenvalue weighted by molar-refractivity contribution is 0.486. The summed E-state index contributed by atoms with van der Waals surface area (Å²) in [6.45, 7) is 13.4. The van der Waals surface area contributed by atoms with Crippen LogP contribution in [-0.4, -0.2) is 13.4 Å². The van der Waals surface area contributed by atoms with Gasteiger partial charge in [0.2, 0.25) is 0 Å². The summed E-state index contributed by atoms with van der Waals surface area (Å²) in [6, 6.07) is 149. The summed E-state index contributed by atoms with van der Waals surface area (Å²) in [5, 5.41) is 0. The molecule has 4 aliphatic heterocycles. The third-order valence-corrected chi connectivity index (χ3v) is 25.4. The Morgan fingerprint density at radius 3 is 1.19 bits per heavy atom. The first-order valence-corrected chi connectivity index (χ1v) is 41.9. The maximum Gasteiger partial charge on any atom is 0.253 e. The molecule has 0 amide bonds. The molecule has 0 fully saturated rings. The minimum absolute atomic E-state index is 0.0741. The van der Waals surface area contributed by atoms with Crippen LogP contribution in [0.2, 0.25) is 0 Å². The summed E-state index contributed by atoms with van der Waals surface area (Å²) in [5.74, 6) is 1.71. The van der Waals surface area contributed by atoms with Gasteiger partial charge in [0.15, 0.2) is 0 Å². The number of ether oxygens (including phenoxy) is 1. The van der Waals surface area contributed by atoms with Gasteiger partial charge in [-0.1, -0.05) is 356 Å². The van der Waals surface area contributed by atoms with E-state index in [1.165, 1.54) is 54.5 Å². The highest BCUT2D eigenvalue weighted by Crippen LogP contribution is 2.55. The fourth-order valence-corrected chi connectivity index (χ4v) is 19.6. The number of fused-ring (bicyclic) bond motifs is 8. The Balaban J connectivity index is 0.855. The van der Waals surface area contributed by atoms with Crippen molar-refractivity contribution in [1.82, 2.24) is 0 Å². The van der Waals surface area contributed by atoms with Crippen molar-refractivity contribution in [1.29, 1.82) is 0 Å². The highest BCUT2D eigenvalue weighted by atomic mass is 32.2. The molecule has 0 N–H and O–H groups in total. The van der Waals surface area contributed by atoms with Gasteiger partial charge in [-0.3, -0.25) is 0 Å². The summed E-state index contributed by atoms with van der Waals surface area (Å²) >= 11 is 1.87. The SMILES string of the molecule is CC(C)(C)c1ccc(-c2cccc(-c3ccc(C(C)(C)C)cc3)c2N2c3cc4c(cc3B3c5ccccc5N(c5ccccc5)c5cc(N(c6ccc(-c7ccccc7)cc6)c6cccc(-c7ccccc7)c6)cc2c53)B2c3ccccc3Oc3cc(N(c5ccc(-c6ccccc6)cc5)c5cccc(-c6ccccc6)c5)cc(c32)S4)cc1. The van der Waals surface area contributed by atoms with E-state index in [0.29, 0.717) is 0 Å². The van der Waals surface area contributed by atoms with Crippen LogP contribution in [0.15, 0.2) is 410 Å². The van der Waals surface area contributed by atoms with Gasteiger partial charge in [0.1, 0.15) is 11.5 Å². The van der Waals surface area contributed by atoms with Crippen LogP contribution < -0.4 is 57.1 Å². The summed E-state index contributed by atoms with van der Waals surface area (Å²) in [6.07, 6.45) is 0. The van der Waals surface area contributed by atoms with E-state index in [0.717, 1.165) is 146 Å². The van der Waals surface area contributed by atoms with Crippen molar-refractivity contribution in [2.75, 3.05) is 19.6 Å². The number of benzene rings is 17. The molecule has 4 heterocycles. The molecule has 562 valence electrons. The molecule has 17 aromatic rings. The highest BCUT2D eigenvalue weighted by molar-refractivity contribution is 8.00. The molecule has 0 bridgehead atoms. The Morgan fingerprint density at radius 2 is 0.669 bits per heavy atom. The van der Waals surface area contributed by atoms with Crippen molar-refractivity contribution in [3.63, 3.8) is 0 Å². The Morgan fingerprint density at radius 1 is 0.254 bits per heavy atom. The van der Waals surface area contributed by atoms with Crippen LogP contribution in [0, 0.1) is 0 Å². The molecule has 0 saturated carbocycles. The first-order chi connectivity index (χ1) is 57.8. The zero-order valence-electron chi connectivity index (χ0n) is 66.9. The van der Waals surface area contributed by atoms with E-state index in [-0.39, 0.29) is 24.3 Å². The van der Waals surface area contributed by atoms with Crippen LogP contribution in [0.3, 0.4) is 0 Å². The molecule has 21 rings (SSSR count). The molecule has 118 heavy (non-hydrogen) atoms. The second-order valence-electron chi connectivity index (χ2n) is 33.6. The van der Waals surface area contributed by atoms with E-state index in [9.17, 15) is 0 Å². The van der Waals surface area contributed by atoms with Crippen molar-refractivity contribution in [2.45, 2.75) is 62.2 Å². The highest BCUT2D eigenvalue weighted by Gasteiger charge is 2.48. The number of nitrogens with zero attached hydrogens (tertiary/aromatic N) is 4. The van der Waals surface area contributed by atoms with Gasteiger partial charge in [-0.15, -0.1) is 0 Å². The number of anilines is 12. The van der Waals surface area contributed by atoms with Gasteiger partial charge in [-0.2, -0.15) is 0 Å². The zero-order valence-corrected chi connectivity index (χ0v) is 67.7. The molecular formula is C110H84B2N4OS. The molecule has 0 aliphatic carbocycles. The number of rotatable bonds is 14. The predicted octanol–water partition coefficient (Wildman–Crippen LogP) is 26.4. The summed E-state index contributed by atoms with van der Waals surface area (Å²) in [7, 11) is 0. The quantitative estimate of drug-likeness (QED) is 0.101. The maximum absolute atomic E-state index is 7.43. The van der Waals surface area contributed by atoms with E-state index >= 15 is 0 Å². The fourth-order valence-electron chi connectivity index (χ4n) is 18.4. The minimum atomic E-state index is -0.253. The summed E-state index contributed by atoms with van der Waals surface area (Å²) in [4.78, 5) is 12.5. The minimum Gasteiger partial charge on any atom is -0.458 e. The molecule has 0 spiro atoms. The Kier molecular flexibility index (Phi) is 17.8. The number of para-hydroxylation sites is 4. The van der Waals surface area contributed by atoms with Gasteiger partial charge in [-0.05, 0) is 202 Å². The first-order valence-electron chi connectivity index (χ1n) is 41.1. The van der Waals surface area contributed by atoms with Gasteiger partial charge in [0, 0.05) is 78.2 Å². The zero-order chi connectivity index (χ0) is 79.3. The maximum atomic E-state index is 7.43. The molecule has 17 aromatic carbocycles. The van der Waals surface area contributed by atoms with Crippen LogP contribution in [-0.2, 0) is 10.8 Å². The van der Waals surface area contributed by atoms with E-state index in [4.69, 9.17) is 4.74 Å². The molecule has 0 saturated heterocycles. The van der Waals surface area contributed by atoms with Crippen molar-refractivity contribution < 1.29 is 4.74 Å². The lowest BCUT2D eigenvalue weighted by Gasteiger charge is -2.46. The van der Waals surface area contributed by atoms with Gasteiger partial charge in [0.05, 0.1) is 17.1 Å². The number of hydrogen-bond donors (Lipinski definition) is 0. The third kappa shape index (κ3) is 12.8. The molecule has 0 aromatic heterocycles. The smallest absolute Gasteiger partial charge is 0.253 e. The fraction of sp³-hybridized carbons (Fsp3) is 0.0727. The largest absolute Gasteiger partial charge is 0.458 e. The topological polar surface area (TPSA) is 22.2 Å². The molecule has 0 atom stereocenters. The Bertz CT molecular complexity index is 6620. The van der Waals surface area contributed by atoms with Crippen molar-refractivity contribution >= 4 is 126 Å². The lowest BCUT2D eigenvalue weighted by Crippen LogP contribution is -2.64. The van der Waals surface area contributed by atoms with Gasteiger partial charge in [0.25, 0.3) is 13.4 Å². The van der Waals surface area contributed by atoms with E-state index in [1.54, 1.807) is 0 Å². The second-order valence-corrected chi connectivity index (χ2v) is 34.6. The van der Waals surface area contributed by atoms with Crippen molar-refractivity contribution in [3.8, 4) is 78.3 Å². The molecule has 4 aliphatic rings. The molecular weight excluding hydrogens is 1450 g/mol. The summed E-state index contributed by atoms with van der Waals surface area (Å²) < 4.78 is 7.43. The van der Waals surface area contributed by atoms with Gasteiger partial charge in [-0.25, -0.2) is 0 Å².